The summed E-state index contributed by atoms with van der Waals surface area (Å²) in [6.07, 6.45) is 0.811. The molecule has 0 amide bonds. The fourth-order valence-electron chi connectivity index (χ4n) is 5.00. The van der Waals surface area contributed by atoms with Gasteiger partial charge in [0.25, 0.3) is 5.69 Å². The van der Waals surface area contributed by atoms with Crippen LogP contribution in [0.2, 0.25) is 10.0 Å². The maximum absolute atomic E-state index is 11.5. The minimum Gasteiger partial charge on any atom is -0.376 e. The van der Waals surface area contributed by atoms with Crippen molar-refractivity contribution < 1.29 is 4.92 Å². The molecule has 1 aliphatic heterocycles. The van der Waals surface area contributed by atoms with E-state index in [2.05, 4.69) is 17.4 Å². The highest BCUT2D eigenvalue weighted by molar-refractivity contribution is 8.00. The fraction of sp³-hybridized carbons (Fsp3) is 0.250. The van der Waals surface area contributed by atoms with E-state index in [1.165, 1.54) is 23.4 Å². The van der Waals surface area contributed by atoms with Gasteiger partial charge in [-0.2, -0.15) is 0 Å². The Bertz CT molecular complexity index is 1180. The molecule has 164 valence electrons. The summed E-state index contributed by atoms with van der Waals surface area (Å²) in [5, 5.41) is 16.1. The molecule has 0 aromatic heterocycles. The molecule has 2 aliphatic rings. The van der Waals surface area contributed by atoms with Gasteiger partial charge in [-0.1, -0.05) is 65.7 Å². The molecule has 0 radical (unpaired) electrons. The minimum atomic E-state index is -0.337. The van der Waals surface area contributed by atoms with Crippen LogP contribution in [0.15, 0.2) is 71.6 Å². The number of thioether (sulfide) groups is 1. The first-order valence-electron chi connectivity index (χ1n) is 10.3. The minimum absolute atomic E-state index is 0.00415. The lowest BCUT2D eigenvalue weighted by Crippen LogP contribution is -2.31. The third-order valence-electron chi connectivity index (χ3n) is 6.34. The Morgan fingerprint density at radius 1 is 1.03 bits per heavy atom. The number of hydrogen-bond donors (Lipinski definition) is 1. The van der Waals surface area contributed by atoms with E-state index >= 15 is 0 Å². The third kappa shape index (κ3) is 3.86. The highest BCUT2D eigenvalue weighted by Gasteiger charge is 2.50. The van der Waals surface area contributed by atoms with Crippen molar-refractivity contribution >= 4 is 57.9 Å². The predicted octanol–water partition coefficient (Wildman–Crippen LogP) is 7.94. The highest BCUT2D eigenvalue weighted by Crippen LogP contribution is 2.59. The second-order valence-electron chi connectivity index (χ2n) is 8.14. The standard InChI is InChI=1S/C24H19Cl3N2O2S/c25-14-10-15-21-16(23(13-6-2-1-3-7-13)28-24(15)17(26)11-14)12-20(22(21)27)32-19-9-5-4-8-18(19)29(30)31/h1-11,16,20-23,28H,12H2. The maximum Gasteiger partial charge on any atom is 0.282 e. The van der Waals surface area contributed by atoms with Crippen LogP contribution in [-0.2, 0) is 0 Å². The average molecular weight is 506 g/mol. The quantitative estimate of drug-likeness (QED) is 0.222. The highest BCUT2D eigenvalue weighted by atomic mass is 35.5. The Labute approximate surface area is 205 Å². The molecule has 0 spiro atoms. The molecule has 3 aromatic carbocycles. The summed E-state index contributed by atoms with van der Waals surface area (Å²) in [4.78, 5) is 11.8. The van der Waals surface area contributed by atoms with E-state index in [9.17, 15) is 10.1 Å². The summed E-state index contributed by atoms with van der Waals surface area (Å²) >= 11 is 21.6. The number of nitro groups is 1. The molecular weight excluding hydrogens is 487 g/mol. The fourth-order valence-corrected chi connectivity index (χ4v) is 7.51. The Morgan fingerprint density at radius 2 is 1.75 bits per heavy atom. The maximum atomic E-state index is 11.5. The van der Waals surface area contributed by atoms with E-state index in [0.717, 1.165) is 17.7 Å². The zero-order valence-corrected chi connectivity index (χ0v) is 19.8. The van der Waals surface area contributed by atoms with Crippen LogP contribution in [0, 0.1) is 16.0 Å². The number of anilines is 1. The van der Waals surface area contributed by atoms with Crippen molar-refractivity contribution in [2.75, 3.05) is 5.32 Å². The van der Waals surface area contributed by atoms with Gasteiger partial charge in [-0.05, 0) is 41.7 Å². The van der Waals surface area contributed by atoms with Gasteiger partial charge in [0, 0.05) is 22.3 Å². The van der Waals surface area contributed by atoms with Gasteiger partial charge in [0.15, 0.2) is 0 Å². The summed E-state index contributed by atoms with van der Waals surface area (Å²) in [7, 11) is 0. The number of fused-ring (bicyclic) bond motifs is 3. The van der Waals surface area contributed by atoms with Gasteiger partial charge in [-0.25, -0.2) is 0 Å². The smallest absolute Gasteiger partial charge is 0.282 e. The van der Waals surface area contributed by atoms with Crippen molar-refractivity contribution in [3.8, 4) is 0 Å². The zero-order chi connectivity index (χ0) is 22.4. The molecule has 1 fully saturated rings. The van der Waals surface area contributed by atoms with Gasteiger partial charge < -0.3 is 5.32 Å². The van der Waals surface area contributed by atoms with Gasteiger partial charge in [-0.3, -0.25) is 10.1 Å². The normalized spacial score (nSPS) is 26.2. The molecule has 5 rings (SSSR count). The van der Waals surface area contributed by atoms with E-state index < -0.39 is 0 Å². The van der Waals surface area contributed by atoms with Gasteiger partial charge >= 0.3 is 0 Å². The number of para-hydroxylation sites is 1. The molecule has 5 atom stereocenters. The van der Waals surface area contributed by atoms with Gasteiger partial charge in [0.05, 0.1) is 31.9 Å². The molecular formula is C24H19Cl3N2O2S. The summed E-state index contributed by atoms with van der Waals surface area (Å²) in [5.74, 6) is 0.219. The van der Waals surface area contributed by atoms with Crippen LogP contribution < -0.4 is 5.32 Å². The number of alkyl halides is 1. The van der Waals surface area contributed by atoms with Crippen molar-refractivity contribution in [2.45, 2.75) is 33.9 Å². The third-order valence-corrected chi connectivity index (χ3v) is 8.96. The first kappa shape index (κ1) is 21.9. The second-order valence-corrected chi connectivity index (χ2v) is 10.8. The summed E-state index contributed by atoms with van der Waals surface area (Å²) in [6, 6.07) is 20.8. The van der Waals surface area contributed by atoms with Crippen LogP contribution >= 0.6 is 46.6 Å². The second kappa shape index (κ2) is 8.79. The first-order valence-corrected chi connectivity index (χ1v) is 12.4. The van der Waals surface area contributed by atoms with Crippen molar-refractivity contribution in [3.63, 3.8) is 0 Å². The number of nitro benzene ring substituents is 1. The van der Waals surface area contributed by atoms with E-state index in [4.69, 9.17) is 34.8 Å². The molecule has 4 nitrogen and oxygen atoms in total. The molecule has 1 saturated carbocycles. The van der Waals surface area contributed by atoms with E-state index in [1.54, 1.807) is 18.2 Å². The molecule has 32 heavy (non-hydrogen) atoms. The molecule has 0 saturated heterocycles. The summed E-state index contributed by atoms with van der Waals surface area (Å²) in [5.41, 5.74) is 3.17. The molecule has 8 heteroatoms. The lowest BCUT2D eigenvalue weighted by molar-refractivity contribution is -0.387. The average Bonchev–Trinajstić information content (AvgIpc) is 3.10. The summed E-state index contributed by atoms with van der Waals surface area (Å²) in [6.45, 7) is 0. The number of nitrogens with zero attached hydrogens (tertiary/aromatic N) is 1. The predicted molar refractivity (Wildman–Crippen MR) is 132 cm³/mol. The molecule has 5 unspecified atom stereocenters. The molecule has 1 N–H and O–H groups in total. The number of nitrogens with one attached hydrogen (secondary N) is 1. The van der Waals surface area contributed by atoms with Crippen molar-refractivity contribution in [1.82, 2.24) is 0 Å². The zero-order valence-electron chi connectivity index (χ0n) is 16.8. The van der Waals surface area contributed by atoms with Gasteiger partial charge in [0.1, 0.15) is 0 Å². The lowest BCUT2D eigenvalue weighted by Gasteiger charge is -2.39. The van der Waals surface area contributed by atoms with Gasteiger partial charge in [-0.15, -0.1) is 23.4 Å². The molecule has 1 aliphatic carbocycles. The Hall–Kier alpha value is -1.92. The molecule has 3 aromatic rings. The number of halogens is 3. The molecule has 0 bridgehead atoms. The first-order chi connectivity index (χ1) is 15.4. The number of rotatable bonds is 4. The lowest BCUT2D eigenvalue weighted by atomic mass is 9.77. The SMILES string of the molecule is O=[N+]([O-])c1ccccc1SC1CC2C(c3ccccc3)Nc3c(Cl)cc(Cl)cc3C2C1Cl. The van der Waals surface area contributed by atoms with E-state index in [1.807, 2.05) is 30.3 Å². The Morgan fingerprint density at radius 3 is 2.50 bits per heavy atom. The number of hydrogen-bond acceptors (Lipinski definition) is 4. The van der Waals surface area contributed by atoms with Gasteiger partial charge in [0.2, 0.25) is 0 Å². The van der Waals surface area contributed by atoms with E-state index in [0.29, 0.717) is 14.9 Å². The van der Waals surface area contributed by atoms with Crippen LogP contribution in [0.25, 0.3) is 0 Å². The van der Waals surface area contributed by atoms with Crippen molar-refractivity contribution in [1.29, 1.82) is 0 Å². The van der Waals surface area contributed by atoms with Crippen LogP contribution in [0.4, 0.5) is 11.4 Å². The molecule has 1 heterocycles. The van der Waals surface area contributed by atoms with E-state index in [-0.39, 0.29) is 39.1 Å². The van der Waals surface area contributed by atoms with Crippen LogP contribution in [0.1, 0.15) is 29.5 Å². The largest absolute Gasteiger partial charge is 0.376 e. The topological polar surface area (TPSA) is 55.2 Å². The van der Waals surface area contributed by atoms with Crippen LogP contribution in [0.3, 0.4) is 0 Å². The van der Waals surface area contributed by atoms with Crippen LogP contribution in [-0.4, -0.2) is 15.6 Å². The van der Waals surface area contributed by atoms with Crippen molar-refractivity contribution in [2.24, 2.45) is 5.92 Å². The number of benzene rings is 3. The monoisotopic (exact) mass is 504 g/mol. The summed E-state index contributed by atoms with van der Waals surface area (Å²) < 4.78 is 0. The van der Waals surface area contributed by atoms with Crippen molar-refractivity contribution in [3.05, 3.63) is 98.0 Å². The Kier molecular flexibility index (Phi) is 6.01. The Balaban J connectivity index is 1.56. The van der Waals surface area contributed by atoms with Crippen LogP contribution in [0.5, 0.6) is 0 Å².